The van der Waals surface area contributed by atoms with Crippen molar-refractivity contribution in [1.29, 1.82) is 0 Å². The molecule has 0 bridgehead atoms. The van der Waals surface area contributed by atoms with Crippen LogP contribution in [0.3, 0.4) is 0 Å². The molecule has 0 heterocycles. The lowest BCUT2D eigenvalue weighted by molar-refractivity contribution is 0.0997. The van der Waals surface area contributed by atoms with Crippen molar-refractivity contribution in [1.82, 2.24) is 0 Å². The number of nitrogens with one attached hydrogen (secondary N) is 1. The Labute approximate surface area is 121 Å². The minimum Gasteiger partial charge on any atom is -0.365 e. The first-order chi connectivity index (χ1) is 9.81. The lowest BCUT2D eigenvalue weighted by Crippen LogP contribution is -2.20. The largest absolute Gasteiger partial charge is 0.365 e. The molecule has 0 aliphatic carbocycles. The van der Waals surface area contributed by atoms with E-state index in [1.165, 1.54) is 24.3 Å². The molecule has 5 nitrogen and oxygen atoms in total. The normalized spacial score (nSPS) is 11.1. The summed E-state index contributed by atoms with van der Waals surface area (Å²) in [5.74, 6) is -1.93. The molecule has 0 atom stereocenters. The Kier molecular flexibility index (Phi) is 3.95. The quantitative estimate of drug-likeness (QED) is 0.905. The minimum absolute atomic E-state index is 0.00721. The van der Waals surface area contributed by atoms with Crippen molar-refractivity contribution < 1.29 is 17.6 Å². The number of carbonyl (C=O) groups excluding carboxylic acids is 1. The van der Waals surface area contributed by atoms with Crippen molar-refractivity contribution in [3.63, 3.8) is 0 Å². The molecule has 2 aromatic carbocycles. The van der Waals surface area contributed by atoms with Gasteiger partial charge in [0.2, 0.25) is 0 Å². The summed E-state index contributed by atoms with van der Waals surface area (Å²) in [5.41, 5.74) is 5.30. The molecule has 0 saturated carbocycles. The van der Waals surface area contributed by atoms with E-state index in [-0.39, 0.29) is 10.6 Å². The zero-order valence-electron chi connectivity index (χ0n) is 11.1. The summed E-state index contributed by atoms with van der Waals surface area (Å²) in [6, 6.07) is 9.69. The number of amides is 1. The monoisotopic (exact) mass is 308 g/mol. The second-order valence-corrected chi connectivity index (χ2v) is 6.13. The number of hydrogen-bond acceptors (Lipinski definition) is 3. The summed E-state index contributed by atoms with van der Waals surface area (Å²) >= 11 is 0. The van der Waals surface area contributed by atoms with Gasteiger partial charge in [-0.15, -0.1) is 0 Å². The number of hydrogen-bond donors (Lipinski definition) is 2. The minimum atomic E-state index is -3.93. The molecule has 0 radical (unpaired) electrons. The maximum atomic E-state index is 13.6. The van der Waals surface area contributed by atoms with Gasteiger partial charge in [-0.05, 0) is 31.2 Å². The van der Waals surface area contributed by atoms with Crippen LogP contribution in [0.15, 0.2) is 47.4 Å². The van der Waals surface area contributed by atoms with Gasteiger partial charge in [-0.1, -0.05) is 23.8 Å². The van der Waals surface area contributed by atoms with E-state index >= 15 is 0 Å². The zero-order valence-corrected chi connectivity index (χ0v) is 11.9. The summed E-state index contributed by atoms with van der Waals surface area (Å²) in [4.78, 5) is 11.3. The van der Waals surface area contributed by atoms with Crippen molar-refractivity contribution in [3.8, 4) is 0 Å². The lowest BCUT2D eigenvalue weighted by Gasteiger charge is -2.11. The van der Waals surface area contributed by atoms with Crippen molar-refractivity contribution in [2.75, 3.05) is 4.72 Å². The average molecular weight is 308 g/mol. The van der Waals surface area contributed by atoms with Gasteiger partial charge in [0.25, 0.3) is 15.9 Å². The first-order valence-electron chi connectivity index (χ1n) is 5.99. The SMILES string of the molecule is Cc1ccc(S(=O)(=O)Nc2cccc(F)c2C(N)=O)cc1. The molecule has 0 fully saturated rings. The van der Waals surface area contributed by atoms with Crippen LogP contribution in [0.1, 0.15) is 15.9 Å². The van der Waals surface area contributed by atoms with Crippen LogP contribution in [-0.4, -0.2) is 14.3 Å². The topological polar surface area (TPSA) is 89.3 Å². The highest BCUT2D eigenvalue weighted by molar-refractivity contribution is 7.92. The smallest absolute Gasteiger partial charge is 0.261 e. The van der Waals surface area contributed by atoms with E-state index in [0.29, 0.717) is 0 Å². The van der Waals surface area contributed by atoms with E-state index in [1.54, 1.807) is 12.1 Å². The zero-order chi connectivity index (χ0) is 15.6. The van der Waals surface area contributed by atoms with E-state index < -0.39 is 27.3 Å². The molecule has 0 aliphatic rings. The van der Waals surface area contributed by atoms with Gasteiger partial charge in [-0.25, -0.2) is 12.8 Å². The molecular formula is C14H13FN2O3S. The van der Waals surface area contributed by atoms with Gasteiger partial charge in [-0.2, -0.15) is 0 Å². The maximum Gasteiger partial charge on any atom is 0.261 e. The molecule has 7 heteroatoms. The molecule has 1 amide bonds. The maximum absolute atomic E-state index is 13.6. The van der Waals surface area contributed by atoms with Gasteiger partial charge < -0.3 is 5.73 Å². The first kappa shape index (κ1) is 15.0. The predicted octanol–water partition coefficient (Wildman–Crippen LogP) is 2.03. The van der Waals surface area contributed by atoms with Gasteiger partial charge in [0.05, 0.1) is 16.1 Å². The third-order valence-electron chi connectivity index (χ3n) is 2.84. The standard InChI is InChI=1S/C14H13FN2O3S/c1-9-5-7-10(8-6-9)21(19,20)17-12-4-2-3-11(15)13(12)14(16)18/h2-8,17H,1H3,(H2,16,18). The van der Waals surface area contributed by atoms with Crippen LogP contribution in [0.2, 0.25) is 0 Å². The molecule has 2 rings (SSSR count). The number of sulfonamides is 1. The molecular weight excluding hydrogens is 295 g/mol. The molecule has 2 aromatic rings. The Morgan fingerprint density at radius 3 is 2.33 bits per heavy atom. The molecule has 0 spiro atoms. The van der Waals surface area contributed by atoms with E-state index in [4.69, 9.17) is 5.73 Å². The van der Waals surface area contributed by atoms with Crippen LogP contribution >= 0.6 is 0 Å². The number of benzene rings is 2. The predicted molar refractivity (Wildman–Crippen MR) is 76.9 cm³/mol. The first-order valence-corrected chi connectivity index (χ1v) is 7.47. The highest BCUT2D eigenvalue weighted by Gasteiger charge is 2.20. The van der Waals surface area contributed by atoms with Crippen LogP contribution < -0.4 is 10.5 Å². The van der Waals surface area contributed by atoms with E-state index in [0.717, 1.165) is 11.6 Å². The Morgan fingerprint density at radius 1 is 1.14 bits per heavy atom. The van der Waals surface area contributed by atoms with Gasteiger partial charge in [0, 0.05) is 0 Å². The lowest BCUT2D eigenvalue weighted by atomic mass is 10.1. The van der Waals surface area contributed by atoms with Crippen LogP contribution in [-0.2, 0) is 10.0 Å². The Morgan fingerprint density at radius 2 is 1.76 bits per heavy atom. The fourth-order valence-electron chi connectivity index (χ4n) is 1.78. The van der Waals surface area contributed by atoms with Gasteiger partial charge in [-0.3, -0.25) is 9.52 Å². The highest BCUT2D eigenvalue weighted by atomic mass is 32.2. The second kappa shape index (κ2) is 5.53. The molecule has 110 valence electrons. The van der Waals surface area contributed by atoms with Crippen LogP contribution in [0, 0.1) is 12.7 Å². The highest BCUT2D eigenvalue weighted by Crippen LogP contribution is 2.22. The number of aryl methyl sites for hydroxylation is 1. The Hall–Kier alpha value is -2.41. The van der Waals surface area contributed by atoms with Crippen molar-refractivity contribution in [2.24, 2.45) is 5.73 Å². The van der Waals surface area contributed by atoms with Crippen molar-refractivity contribution in [3.05, 3.63) is 59.4 Å². The van der Waals surface area contributed by atoms with Gasteiger partial charge in [0.15, 0.2) is 0 Å². The summed E-state index contributed by atoms with van der Waals surface area (Å²) < 4.78 is 40.2. The van der Waals surface area contributed by atoms with E-state index in [1.807, 2.05) is 6.92 Å². The van der Waals surface area contributed by atoms with E-state index in [9.17, 15) is 17.6 Å². The molecule has 3 N–H and O–H groups in total. The molecule has 21 heavy (non-hydrogen) atoms. The number of nitrogens with two attached hydrogens (primary N) is 1. The summed E-state index contributed by atoms with van der Waals surface area (Å²) in [6.07, 6.45) is 0. The summed E-state index contributed by atoms with van der Waals surface area (Å²) in [6.45, 7) is 1.82. The number of carbonyl (C=O) groups is 1. The third-order valence-corrected chi connectivity index (χ3v) is 4.22. The van der Waals surface area contributed by atoms with Gasteiger partial charge >= 0.3 is 0 Å². The van der Waals surface area contributed by atoms with Crippen molar-refractivity contribution >= 4 is 21.6 Å². The molecule has 0 unspecified atom stereocenters. The van der Waals surface area contributed by atoms with E-state index in [2.05, 4.69) is 4.72 Å². The number of halogens is 1. The Bertz CT molecular complexity index is 786. The average Bonchev–Trinajstić information content (AvgIpc) is 2.38. The van der Waals surface area contributed by atoms with Gasteiger partial charge in [0.1, 0.15) is 5.82 Å². The van der Waals surface area contributed by atoms with Crippen LogP contribution in [0.5, 0.6) is 0 Å². The number of rotatable bonds is 4. The number of primary amides is 1. The molecule has 0 aliphatic heterocycles. The number of anilines is 1. The second-order valence-electron chi connectivity index (χ2n) is 4.45. The fourth-order valence-corrected chi connectivity index (χ4v) is 2.85. The molecule has 0 saturated heterocycles. The summed E-state index contributed by atoms with van der Waals surface area (Å²) in [5, 5.41) is 0. The third kappa shape index (κ3) is 3.19. The fraction of sp³-hybridized carbons (Fsp3) is 0.0714. The van der Waals surface area contributed by atoms with Crippen molar-refractivity contribution in [2.45, 2.75) is 11.8 Å². The summed E-state index contributed by atoms with van der Waals surface area (Å²) in [7, 11) is -3.93. The van der Waals surface area contributed by atoms with Crippen LogP contribution in [0.4, 0.5) is 10.1 Å². The molecule has 0 aromatic heterocycles. The van der Waals surface area contributed by atoms with Crippen LogP contribution in [0.25, 0.3) is 0 Å². The Balaban J connectivity index is 2.44.